The quantitative estimate of drug-likeness (QED) is 0.219. The molecular formula is C31H28Cl2N4O2S. The van der Waals surface area contributed by atoms with E-state index in [9.17, 15) is 4.79 Å². The Morgan fingerprint density at radius 1 is 1.00 bits per heavy atom. The number of ether oxygens (including phenoxy) is 1. The van der Waals surface area contributed by atoms with E-state index in [0.717, 1.165) is 34.4 Å². The highest BCUT2D eigenvalue weighted by Crippen LogP contribution is 2.46. The summed E-state index contributed by atoms with van der Waals surface area (Å²) in [6.45, 7) is 4.59. The summed E-state index contributed by atoms with van der Waals surface area (Å²) in [6, 6.07) is 22.8. The van der Waals surface area contributed by atoms with Crippen molar-refractivity contribution in [1.29, 1.82) is 0 Å². The van der Waals surface area contributed by atoms with E-state index >= 15 is 0 Å². The molecule has 1 aromatic heterocycles. The van der Waals surface area contributed by atoms with Crippen molar-refractivity contribution in [3.05, 3.63) is 111 Å². The zero-order valence-electron chi connectivity index (χ0n) is 22.2. The van der Waals surface area contributed by atoms with Crippen LogP contribution in [0.1, 0.15) is 49.4 Å². The summed E-state index contributed by atoms with van der Waals surface area (Å²) >= 11 is 14.2. The molecule has 1 aliphatic carbocycles. The summed E-state index contributed by atoms with van der Waals surface area (Å²) in [4.78, 5) is 18.4. The summed E-state index contributed by atoms with van der Waals surface area (Å²) in [5, 5.41) is 10.3. The number of aromatic nitrogens is 3. The molecule has 4 aromatic rings. The van der Waals surface area contributed by atoms with Gasteiger partial charge in [0.25, 0.3) is 0 Å². The number of nitrogens with one attached hydrogen (secondary N) is 1. The number of halogens is 2. The molecule has 0 amide bonds. The standard InChI is InChI=1S/C31H28Cl2N4O2S/c1-31(2)15-25-27(26(38)16-31)28(19-10-7-11-22(14-19)39-17-20-8-3-5-12-23(20)32)37-29(34-25)35-30(36-37)40-18-21-9-4-6-13-24(21)33/h3-14,28H,15-18H2,1-2H3,(H,34,35,36). The summed E-state index contributed by atoms with van der Waals surface area (Å²) in [6.07, 6.45) is 1.23. The number of hydrogen-bond acceptors (Lipinski definition) is 6. The van der Waals surface area contributed by atoms with Crippen molar-refractivity contribution in [3.63, 3.8) is 0 Å². The molecular weight excluding hydrogens is 563 g/mol. The van der Waals surface area contributed by atoms with Crippen LogP contribution in [0.4, 0.5) is 5.95 Å². The first-order chi connectivity index (χ1) is 19.3. The zero-order valence-corrected chi connectivity index (χ0v) is 24.5. The SMILES string of the molecule is CC1(C)CC(=O)C2=C(C1)Nc1nc(SCc3ccccc3Cl)nn1C2c1cccc(OCc2ccccc2Cl)c1. The minimum absolute atomic E-state index is 0.123. The van der Waals surface area contributed by atoms with Gasteiger partial charge in [0.2, 0.25) is 11.1 Å². The first-order valence-electron chi connectivity index (χ1n) is 13.1. The lowest BCUT2D eigenvalue weighted by molar-refractivity contribution is -0.118. The average Bonchev–Trinajstić information content (AvgIpc) is 3.33. The van der Waals surface area contributed by atoms with E-state index in [4.69, 9.17) is 38.0 Å². The highest BCUT2D eigenvalue weighted by molar-refractivity contribution is 7.98. The van der Waals surface area contributed by atoms with Crippen LogP contribution in [0.2, 0.25) is 10.0 Å². The normalized spacial score (nSPS) is 17.7. The molecule has 0 radical (unpaired) electrons. The molecule has 3 aromatic carbocycles. The Morgan fingerprint density at radius 2 is 1.73 bits per heavy atom. The van der Waals surface area contributed by atoms with E-state index in [1.54, 1.807) is 0 Å². The van der Waals surface area contributed by atoms with Gasteiger partial charge in [-0.15, -0.1) is 5.10 Å². The number of rotatable bonds is 7. The first-order valence-corrected chi connectivity index (χ1v) is 14.8. The molecule has 0 saturated carbocycles. The van der Waals surface area contributed by atoms with Crippen molar-refractivity contribution in [2.75, 3.05) is 5.32 Å². The smallest absolute Gasteiger partial charge is 0.227 e. The summed E-state index contributed by atoms with van der Waals surface area (Å²) < 4.78 is 7.96. The number of carbonyl (C=O) groups is 1. The Hall–Kier alpha value is -3.26. The topological polar surface area (TPSA) is 69.0 Å². The molecule has 2 heterocycles. The second-order valence-electron chi connectivity index (χ2n) is 10.9. The van der Waals surface area contributed by atoms with Crippen LogP contribution in [0.3, 0.4) is 0 Å². The Balaban J connectivity index is 1.34. The van der Waals surface area contributed by atoms with Crippen LogP contribution in [-0.4, -0.2) is 20.5 Å². The minimum atomic E-state index is -0.416. The molecule has 2 aliphatic rings. The largest absolute Gasteiger partial charge is 0.489 e. The van der Waals surface area contributed by atoms with E-state index in [1.165, 1.54) is 11.8 Å². The molecule has 9 heteroatoms. The van der Waals surface area contributed by atoms with Crippen LogP contribution in [-0.2, 0) is 17.2 Å². The average molecular weight is 592 g/mol. The predicted octanol–water partition coefficient (Wildman–Crippen LogP) is 8.11. The van der Waals surface area contributed by atoms with Gasteiger partial charge in [0.1, 0.15) is 18.4 Å². The monoisotopic (exact) mass is 590 g/mol. The third-order valence-corrected chi connectivity index (χ3v) is 8.78. The molecule has 1 N–H and O–H groups in total. The number of anilines is 1. The van der Waals surface area contributed by atoms with E-state index in [2.05, 4.69) is 19.2 Å². The van der Waals surface area contributed by atoms with Crippen LogP contribution in [0.5, 0.6) is 5.75 Å². The van der Waals surface area contributed by atoms with Crippen LogP contribution in [0.15, 0.2) is 89.2 Å². The fourth-order valence-corrected chi connectivity index (χ4v) is 6.57. The molecule has 1 atom stereocenters. The van der Waals surface area contributed by atoms with Gasteiger partial charge in [-0.1, -0.05) is 97.3 Å². The third kappa shape index (κ3) is 5.51. The lowest BCUT2D eigenvalue weighted by Gasteiger charge is -2.38. The highest BCUT2D eigenvalue weighted by Gasteiger charge is 2.42. The van der Waals surface area contributed by atoms with Crippen molar-refractivity contribution < 1.29 is 9.53 Å². The Morgan fingerprint density at radius 3 is 2.48 bits per heavy atom. The molecule has 6 nitrogen and oxygen atoms in total. The second-order valence-corrected chi connectivity index (χ2v) is 12.6. The van der Waals surface area contributed by atoms with Crippen LogP contribution in [0.25, 0.3) is 0 Å². The van der Waals surface area contributed by atoms with Crippen LogP contribution in [0, 0.1) is 5.41 Å². The number of fused-ring (bicyclic) bond motifs is 1. The van der Waals surface area contributed by atoms with Crippen molar-refractivity contribution in [2.45, 2.75) is 50.2 Å². The van der Waals surface area contributed by atoms with E-state index in [1.807, 2.05) is 77.5 Å². The van der Waals surface area contributed by atoms with E-state index in [-0.39, 0.29) is 11.2 Å². The van der Waals surface area contributed by atoms with Gasteiger partial charge in [-0.2, -0.15) is 4.98 Å². The third-order valence-electron chi connectivity index (χ3n) is 7.15. The number of ketones is 1. The summed E-state index contributed by atoms with van der Waals surface area (Å²) in [5.74, 6) is 2.07. The minimum Gasteiger partial charge on any atom is -0.489 e. The van der Waals surface area contributed by atoms with E-state index in [0.29, 0.717) is 45.7 Å². The Labute approximate surface area is 247 Å². The van der Waals surface area contributed by atoms with Crippen molar-refractivity contribution in [3.8, 4) is 5.75 Å². The molecule has 0 spiro atoms. The van der Waals surface area contributed by atoms with Gasteiger partial charge in [0, 0.05) is 39.1 Å². The molecule has 1 unspecified atom stereocenters. The molecule has 40 heavy (non-hydrogen) atoms. The van der Waals surface area contributed by atoms with Gasteiger partial charge in [-0.3, -0.25) is 4.79 Å². The zero-order chi connectivity index (χ0) is 27.9. The Bertz CT molecular complexity index is 1630. The van der Waals surface area contributed by atoms with Crippen molar-refractivity contribution >= 4 is 46.7 Å². The maximum atomic E-state index is 13.6. The maximum Gasteiger partial charge on any atom is 0.227 e. The van der Waals surface area contributed by atoms with Crippen molar-refractivity contribution in [1.82, 2.24) is 14.8 Å². The highest BCUT2D eigenvalue weighted by atomic mass is 35.5. The molecule has 0 bridgehead atoms. The fraction of sp³-hybridized carbons (Fsp3) is 0.258. The predicted molar refractivity (Wildman–Crippen MR) is 160 cm³/mol. The summed E-state index contributed by atoms with van der Waals surface area (Å²) in [7, 11) is 0. The van der Waals surface area contributed by atoms with Gasteiger partial charge in [-0.05, 0) is 47.2 Å². The van der Waals surface area contributed by atoms with Crippen LogP contribution < -0.4 is 10.1 Å². The van der Waals surface area contributed by atoms with Gasteiger partial charge in [0.15, 0.2) is 5.78 Å². The molecule has 1 aliphatic heterocycles. The number of Topliss-reactive ketones (excluding diaryl/α,β-unsaturated/α-hetero) is 1. The molecule has 0 fully saturated rings. The Kier molecular flexibility index (Phi) is 7.38. The van der Waals surface area contributed by atoms with Crippen LogP contribution >= 0.6 is 35.0 Å². The van der Waals surface area contributed by atoms with E-state index < -0.39 is 6.04 Å². The lowest BCUT2D eigenvalue weighted by atomic mass is 9.73. The van der Waals surface area contributed by atoms with Gasteiger partial charge in [0.05, 0.1) is 0 Å². The molecule has 204 valence electrons. The lowest BCUT2D eigenvalue weighted by Crippen LogP contribution is -2.36. The van der Waals surface area contributed by atoms with Gasteiger partial charge >= 0.3 is 0 Å². The number of benzene rings is 3. The second kappa shape index (κ2) is 11.0. The number of thioether (sulfide) groups is 1. The van der Waals surface area contributed by atoms with Gasteiger partial charge < -0.3 is 10.1 Å². The molecule has 6 rings (SSSR count). The van der Waals surface area contributed by atoms with Gasteiger partial charge in [-0.25, -0.2) is 4.68 Å². The van der Waals surface area contributed by atoms with Crippen molar-refractivity contribution in [2.24, 2.45) is 5.41 Å². The first kappa shape index (κ1) is 26.9. The number of allylic oxidation sites excluding steroid dienone is 2. The number of carbonyl (C=O) groups excluding carboxylic acids is 1. The summed E-state index contributed by atoms with van der Waals surface area (Å²) in [5.41, 5.74) is 4.34. The number of hydrogen-bond donors (Lipinski definition) is 1. The fourth-order valence-electron chi connectivity index (χ4n) is 5.27. The maximum absolute atomic E-state index is 13.6. The molecule has 0 saturated heterocycles. The number of nitrogens with zero attached hydrogens (tertiary/aromatic N) is 3.